The van der Waals surface area contributed by atoms with E-state index in [9.17, 15) is 27.6 Å². The van der Waals surface area contributed by atoms with E-state index in [1.807, 2.05) is 17.9 Å². The molecule has 3 N–H and O–H groups in total. The van der Waals surface area contributed by atoms with E-state index >= 15 is 0 Å². The summed E-state index contributed by atoms with van der Waals surface area (Å²) in [5, 5.41) is 3.36. The highest BCUT2D eigenvalue weighted by Gasteiger charge is 2.55. The van der Waals surface area contributed by atoms with E-state index in [1.54, 1.807) is 12.1 Å². The van der Waals surface area contributed by atoms with Gasteiger partial charge in [0.25, 0.3) is 0 Å². The van der Waals surface area contributed by atoms with Crippen LogP contribution in [-0.4, -0.2) is 91.1 Å². The number of benzene rings is 1. The average molecular weight is 549 g/mol. The zero-order valence-corrected chi connectivity index (χ0v) is 22.0. The number of anilines is 1. The molecule has 9 nitrogen and oxygen atoms in total. The SMILES string of the molecule is Cc1cccc2c1C1(CCN(C(=O)C3CC4CNNC4CN3)CC1)C(=O)N2CC(=O)N1CCC[C@H]1C(F)(F)F. The first-order valence-corrected chi connectivity index (χ1v) is 13.9. The quantitative estimate of drug-likeness (QED) is 0.526. The normalized spacial score (nSPS) is 30.2. The number of alkyl halides is 3. The number of aryl methyl sites for hydroxylation is 1. The van der Waals surface area contributed by atoms with Crippen LogP contribution in [-0.2, 0) is 19.8 Å². The van der Waals surface area contributed by atoms with Gasteiger partial charge in [-0.3, -0.25) is 25.2 Å². The van der Waals surface area contributed by atoms with E-state index in [2.05, 4.69) is 16.2 Å². The smallest absolute Gasteiger partial charge is 0.341 e. The second kappa shape index (κ2) is 9.74. The van der Waals surface area contributed by atoms with Crippen LogP contribution in [0.5, 0.6) is 0 Å². The van der Waals surface area contributed by atoms with Crippen LogP contribution >= 0.6 is 0 Å². The molecule has 212 valence electrons. The third kappa shape index (κ3) is 4.40. The summed E-state index contributed by atoms with van der Waals surface area (Å²) in [5.74, 6) is -0.500. The third-order valence-electron chi connectivity index (χ3n) is 9.49. The van der Waals surface area contributed by atoms with E-state index in [4.69, 9.17) is 0 Å². The molecule has 6 rings (SSSR count). The maximum absolute atomic E-state index is 14.0. The van der Waals surface area contributed by atoms with Crippen molar-refractivity contribution in [3.63, 3.8) is 0 Å². The van der Waals surface area contributed by atoms with Gasteiger partial charge in [-0.15, -0.1) is 0 Å². The molecule has 4 fully saturated rings. The van der Waals surface area contributed by atoms with E-state index in [-0.39, 0.29) is 37.2 Å². The predicted octanol–water partition coefficient (Wildman–Crippen LogP) is 1.21. The van der Waals surface area contributed by atoms with Crippen molar-refractivity contribution in [3.05, 3.63) is 29.3 Å². The maximum atomic E-state index is 14.0. The van der Waals surface area contributed by atoms with Crippen LogP contribution in [0.4, 0.5) is 18.9 Å². The molecule has 0 aliphatic carbocycles. The number of fused-ring (bicyclic) bond motifs is 3. The summed E-state index contributed by atoms with van der Waals surface area (Å²) in [5.41, 5.74) is 7.84. The number of carbonyl (C=O) groups excluding carboxylic acids is 3. The summed E-state index contributed by atoms with van der Waals surface area (Å²) < 4.78 is 40.6. The molecule has 1 aromatic carbocycles. The van der Waals surface area contributed by atoms with Gasteiger partial charge >= 0.3 is 6.18 Å². The first-order valence-electron chi connectivity index (χ1n) is 13.9. The summed E-state index contributed by atoms with van der Waals surface area (Å²) in [6.45, 7) is 3.91. The Labute approximate surface area is 225 Å². The molecular formula is C27H35F3N6O3. The molecule has 0 aromatic heterocycles. The van der Waals surface area contributed by atoms with E-state index in [0.29, 0.717) is 50.1 Å². The zero-order chi connectivity index (χ0) is 27.5. The molecule has 4 atom stereocenters. The Hall–Kier alpha value is -2.70. The van der Waals surface area contributed by atoms with Crippen LogP contribution in [0.1, 0.15) is 43.2 Å². The van der Waals surface area contributed by atoms with Crippen LogP contribution in [0.15, 0.2) is 18.2 Å². The Morgan fingerprint density at radius 2 is 1.90 bits per heavy atom. The van der Waals surface area contributed by atoms with Gasteiger partial charge in [0.05, 0.1) is 11.5 Å². The minimum Gasteiger partial charge on any atom is -0.341 e. The van der Waals surface area contributed by atoms with Gasteiger partial charge in [-0.1, -0.05) is 12.1 Å². The molecule has 0 saturated carbocycles. The molecular weight excluding hydrogens is 513 g/mol. The van der Waals surface area contributed by atoms with E-state index < -0.39 is 30.1 Å². The summed E-state index contributed by atoms with van der Waals surface area (Å²) in [6.07, 6.45) is -2.74. The second-order valence-corrected chi connectivity index (χ2v) is 11.6. The molecule has 3 unspecified atom stereocenters. The summed E-state index contributed by atoms with van der Waals surface area (Å²) in [4.78, 5) is 44.6. The lowest BCUT2D eigenvalue weighted by Crippen LogP contribution is -2.58. The number of halogens is 3. The van der Waals surface area contributed by atoms with Crippen molar-refractivity contribution in [2.24, 2.45) is 5.92 Å². The van der Waals surface area contributed by atoms with Gasteiger partial charge < -0.3 is 20.0 Å². The predicted molar refractivity (Wildman–Crippen MR) is 137 cm³/mol. The van der Waals surface area contributed by atoms with Crippen LogP contribution in [0.2, 0.25) is 0 Å². The number of carbonyl (C=O) groups is 3. The average Bonchev–Trinajstić information content (AvgIpc) is 3.64. The lowest BCUT2D eigenvalue weighted by Gasteiger charge is -2.41. The highest BCUT2D eigenvalue weighted by atomic mass is 19.4. The molecule has 4 saturated heterocycles. The number of likely N-dealkylation sites (tertiary alicyclic amines) is 2. The van der Waals surface area contributed by atoms with Crippen LogP contribution in [0.3, 0.4) is 0 Å². The highest BCUT2D eigenvalue weighted by molar-refractivity contribution is 6.11. The number of hydrazine groups is 1. The molecule has 3 amide bonds. The number of piperidine rings is 2. The van der Waals surface area contributed by atoms with Crippen molar-refractivity contribution >= 4 is 23.4 Å². The first kappa shape index (κ1) is 26.5. The monoisotopic (exact) mass is 548 g/mol. The molecule has 39 heavy (non-hydrogen) atoms. The van der Waals surface area contributed by atoms with Crippen molar-refractivity contribution in [2.45, 2.75) is 68.7 Å². The van der Waals surface area contributed by atoms with Crippen molar-refractivity contribution < 1.29 is 27.6 Å². The summed E-state index contributed by atoms with van der Waals surface area (Å²) in [7, 11) is 0. The van der Waals surface area contributed by atoms with Gasteiger partial charge in [0, 0.05) is 44.5 Å². The molecule has 1 spiro atoms. The molecule has 1 aromatic rings. The number of amides is 3. The first-order chi connectivity index (χ1) is 18.6. The summed E-state index contributed by atoms with van der Waals surface area (Å²) in [6, 6.07) is 3.75. The number of rotatable bonds is 3. The minimum absolute atomic E-state index is 0.0386. The van der Waals surface area contributed by atoms with Gasteiger partial charge in [0.15, 0.2) is 0 Å². The molecule has 12 heteroatoms. The lowest BCUT2D eigenvalue weighted by atomic mass is 9.72. The van der Waals surface area contributed by atoms with Crippen molar-refractivity contribution in [1.29, 1.82) is 0 Å². The van der Waals surface area contributed by atoms with E-state index in [0.717, 1.165) is 29.0 Å². The minimum atomic E-state index is -4.49. The fourth-order valence-corrected chi connectivity index (χ4v) is 7.45. The van der Waals surface area contributed by atoms with Crippen molar-refractivity contribution in [1.82, 2.24) is 26.0 Å². The number of nitrogens with zero attached hydrogens (tertiary/aromatic N) is 3. The lowest BCUT2D eigenvalue weighted by molar-refractivity contribution is -0.182. The van der Waals surface area contributed by atoms with Gasteiger partial charge in [-0.2, -0.15) is 13.2 Å². The van der Waals surface area contributed by atoms with Gasteiger partial charge in [-0.05, 0) is 62.1 Å². The maximum Gasteiger partial charge on any atom is 0.408 e. The van der Waals surface area contributed by atoms with Crippen LogP contribution < -0.4 is 21.1 Å². The third-order valence-corrected chi connectivity index (χ3v) is 9.49. The zero-order valence-electron chi connectivity index (χ0n) is 22.0. The number of nitrogens with one attached hydrogen (secondary N) is 3. The van der Waals surface area contributed by atoms with Crippen LogP contribution in [0.25, 0.3) is 0 Å². The second-order valence-electron chi connectivity index (χ2n) is 11.6. The standard InChI is InChI=1S/C27H35F3N6O3/c1-16-4-2-5-20-23(16)26(25(39)36(20)15-22(37)35-9-3-6-21(35)27(28,29)30)7-10-34(11-8-26)24(38)18-12-17-13-32-33-19(17)14-31-18/h2,4-5,17-19,21,31-33H,3,6-15H2,1H3/t17?,18?,19?,21-/m0/s1. The van der Waals surface area contributed by atoms with Crippen LogP contribution in [0, 0.1) is 12.8 Å². The largest absolute Gasteiger partial charge is 0.408 e. The Morgan fingerprint density at radius 3 is 2.64 bits per heavy atom. The fraction of sp³-hybridized carbons (Fsp3) is 0.667. The molecule has 5 heterocycles. The Morgan fingerprint density at radius 1 is 1.13 bits per heavy atom. The molecule has 0 radical (unpaired) electrons. The van der Waals surface area contributed by atoms with Gasteiger partial charge in [0.2, 0.25) is 17.7 Å². The highest BCUT2D eigenvalue weighted by Crippen LogP contribution is 2.49. The fourth-order valence-electron chi connectivity index (χ4n) is 7.45. The Kier molecular flexibility index (Phi) is 6.62. The Bertz CT molecular complexity index is 1170. The van der Waals surface area contributed by atoms with Gasteiger partial charge in [-0.25, -0.2) is 0 Å². The van der Waals surface area contributed by atoms with Crippen molar-refractivity contribution in [3.8, 4) is 0 Å². The number of hydrogen-bond donors (Lipinski definition) is 3. The summed E-state index contributed by atoms with van der Waals surface area (Å²) >= 11 is 0. The molecule has 5 aliphatic rings. The van der Waals surface area contributed by atoms with Crippen molar-refractivity contribution in [2.75, 3.05) is 44.2 Å². The number of hydrogen-bond acceptors (Lipinski definition) is 6. The Balaban J connectivity index is 1.19. The topological polar surface area (TPSA) is 97.0 Å². The molecule has 5 aliphatic heterocycles. The van der Waals surface area contributed by atoms with Gasteiger partial charge in [0.1, 0.15) is 12.6 Å². The molecule has 0 bridgehead atoms. The van der Waals surface area contributed by atoms with E-state index in [1.165, 1.54) is 4.90 Å².